The molecular formula is C17H35IN4O3. The molecule has 1 aliphatic heterocycles. The Kier molecular flexibility index (Phi) is 12.2. The first-order valence-corrected chi connectivity index (χ1v) is 9.09. The lowest BCUT2D eigenvalue weighted by molar-refractivity contribution is 0.0963. The highest BCUT2D eigenvalue weighted by atomic mass is 127. The van der Waals surface area contributed by atoms with Crippen LogP contribution in [0.4, 0.5) is 4.79 Å². The molecule has 1 saturated heterocycles. The predicted octanol–water partition coefficient (Wildman–Crippen LogP) is 2.32. The van der Waals surface area contributed by atoms with Gasteiger partial charge in [0.25, 0.3) is 0 Å². The number of likely N-dealkylation sites (tertiary alicyclic amines) is 1. The first kappa shape index (κ1) is 24.2. The number of carbonyl (C=O) groups excluding carboxylic acids is 1. The van der Waals surface area contributed by atoms with Crippen molar-refractivity contribution in [1.29, 1.82) is 0 Å². The number of halogens is 1. The molecule has 0 aromatic carbocycles. The van der Waals surface area contributed by atoms with Gasteiger partial charge in [-0.1, -0.05) is 13.8 Å². The Labute approximate surface area is 168 Å². The molecule has 0 spiro atoms. The Morgan fingerprint density at radius 3 is 2.40 bits per heavy atom. The van der Waals surface area contributed by atoms with Crippen LogP contribution in [-0.4, -0.2) is 60.9 Å². The van der Waals surface area contributed by atoms with Gasteiger partial charge in [0.1, 0.15) is 0 Å². The minimum atomic E-state index is -0.239. The van der Waals surface area contributed by atoms with Crippen molar-refractivity contribution in [3.05, 3.63) is 0 Å². The molecule has 1 amide bonds. The third kappa shape index (κ3) is 7.98. The summed E-state index contributed by atoms with van der Waals surface area (Å²) in [6.45, 7) is 8.61. The number of rotatable bonds is 8. The smallest absolute Gasteiger partial charge is 0.409 e. The zero-order valence-corrected chi connectivity index (χ0v) is 18.1. The second-order valence-corrected chi connectivity index (χ2v) is 6.49. The van der Waals surface area contributed by atoms with Crippen molar-refractivity contribution in [2.24, 2.45) is 16.1 Å². The molecule has 0 aromatic heterocycles. The van der Waals surface area contributed by atoms with E-state index >= 15 is 0 Å². The van der Waals surface area contributed by atoms with E-state index in [2.05, 4.69) is 24.2 Å². The van der Waals surface area contributed by atoms with Crippen LogP contribution in [0.3, 0.4) is 0 Å². The van der Waals surface area contributed by atoms with Crippen LogP contribution in [0.5, 0.6) is 0 Å². The zero-order chi connectivity index (χ0) is 18.0. The molecule has 1 fully saturated rings. The van der Waals surface area contributed by atoms with Crippen LogP contribution in [0.1, 0.15) is 52.9 Å². The lowest BCUT2D eigenvalue weighted by Crippen LogP contribution is -2.48. The maximum absolute atomic E-state index is 11.7. The summed E-state index contributed by atoms with van der Waals surface area (Å²) in [6, 6.07) is 0.231. The lowest BCUT2D eigenvalue weighted by Gasteiger charge is -2.32. The number of aliphatic imine (C=N–C) groups is 1. The van der Waals surface area contributed by atoms with Crippen LogP contribution in [0.2, 0.25) is 0 Å². The molecular weight excluding hydrogens is 435 g/mol. The van der Waals surface area contributed by atoms with Gasteiger partial charge >= 0.3 is 6.09 Å². The van der Waals surface area contributed by atoms with Crippen LogP contribution in [0, 0.1) is 5.41 Å². The molecule has 0 bridgehead atoms. The van der Waals surface area contributed by atoms with Gasteiger partial charge in [0.05, 0.1) is 6.61 Å². The Hall–Kier alpha value is -0.770. The quantitative estimate of drug-likeness (QED) is 0.287. The molecule has 0 atom stereocenters. The van der Waals surface area contributed by atoms with Gasteiger partial charge in [-0.2, -0.15) is 0 Å². The SMILES string of the molecule is CCOC(=O)N1CCC(NC(N)=NCC(CC)(CC)CCO)CC1.I. The second-order valence-electron chi connectivity index (χ2n) is 6.49. The van der Waals surface area contributed by atoms with E-state index in [4.69, 9.17) is 10.5 Å². The number of aliphatic hydroxyl groups is 1. The Bertz CT molecular complexity index is 409. The standard InChI is InChI=1S/C17H34N4O3.HI/c1-4-17(5-2,9-12-22)13-19-15(18)20-14-7-10-21(11-8-14)16(23)24-6-3;/h14,22H,4-13H2,1-3H3,(H3,18,19,20);1H. The molecule has 1 aliphatic rings. The number of piperidine rings is 1. The van der Waals surface area contributed by atoms with Gasteiger partial charge in [-0.15, -0.1) is 24.0 Å². The summed E-state index contributed by atoms with van der Waals surface area (Å²) in [5, 5.41) is 12.5. The highest BCUT2D eigenvalue weighted by Gasteiger charge is 2.26. The van der Waals surface area contributed by atoms with E-state index in [9.17, 15) is 9.90 Å². The first-order valence-electron chi connectivity index (χ1n) is 9.09. The van der Waals surface area contributed by atoms with Crippen molar-refractivity contribution in [3.63, 3.8) is 0 Å². The minimum Gasteiger partial charge on any atom is -0.450 e. The number of nitrogens with zero attached hydrogens (tertiary/aromatic N) is 2. The molecule has 1 rings (SSSR count). The summed E-state index contributed by atoms with van der Waals surface area (Å²) in [5.74, 6) is 0.453. The number of aliphatic hydroxyl groups excluding tert-OH is 1. The number of carbonyl (C=O) groups is 1. The van der Waals surface area contributed by atoms with Crippen LogP contribution in [0.25, 0.3) is 0 Å². The van der Waals surface area contributed by atoms with Gasteiger partial charge in [0.2, 0.25) is 0 Å². The monoisotopic (exact) mass is 470 g/mol. The van der Waals surface area contributed by atoms with Crippen molar-refractivity contribution < 1.29 is 14.6 Å². The first-order chi connectivity index (χ1) is 11.5. The maximum atomic E-state index is 11.7. The fourth-order valence-electron chi connectivity index (χ4n) is 3.07. The van der Waals surface area contributed by atoms with Crippen LogP contribution >= 0.6 is 24.0 Å². The van der Waals surface area contributed by atoms with E-state index < -0.39 is 0 Å². The third-order valence-electron chi connectivity index (χ3n) is 5.10. The molecule has 4 N–H and O–H groups in total. The van der Waals surface area contributed by atoms with E-state index in [0.29, 0.717) is 32.2 Å². The van der Waals surface area contributed by atoms with Gasteiger partial charge in [-0.05, 0) is 44.4 Å². The predicted molar refractivity (Wildman–Crippen MR) is 111 cm³/mol. The van der Waals surface area contributed by atoms with E-state index in [0.717, 1.165) is 32.1 Å². The van der Waals surface area contributed by atoms with Crippen molar-refractivity contribution in [2.75, 3.05) is 32.8 Å². The van der Waals surface area contributed by atoms with Crippen molar-refractivity contribution >= 4 is 36.0 Å². The van der Waals surface area contributed by atoms with Gasteiger partial charge in [0, 0.05) is 32.3 Å². The summed E-state index contributed by atoms with van der Waals surface area (Å²) in [5.41, 5.74) is 6.05. The fourth-order valence-corrected chi connectivity index (χ4v) is 3.07. The van der Waals surface area contributed by atoms with Crippen molar-refractivity contribution in [3.8, 4) is 0 Å². The highest BCUT2D eigenvalue weighted by Crippen LogP contribution is 2.30. The van der Waals surface area contributed by atoms with E-state index in [1.807, 2.05) is 6.92 Å². The van der Waals surface area contributed by atoms with Crippen LogP contribution in [-0.2, 0) is 4.74 Å². The van der Waals surface area contributed by atoms with Crippen molar-refractivity contribution in [2.45, 2.75) is 58.9 Å². The number of nitrogens with one attached hydrogen (secondary N) is 1. The number of amides is 1. The molecule has 0 aromatic rings. The molecule has 1 heterocycles. The number of ether oxygens (including phenoxy) is 1. The molecule has 0 radical (unpaired) electrons. The number of hydrogen-bond acceptors (Lipinski definition) is 4. The van der Waals surface area contributed by atoms with Gasteiger partial charge in [-0.3, -0.25) is 4.99 Å². The number of nitrogens with two attached hydrogens (primary N) is 1. The van der Waals surface area contributed by atoms with Crippen LogP contribution in [0.15, 0.2) is 4.99 Å². The number of hydrogen-bond donors (Lipinski definition) is 3. The van der Waals surface area contributed by atoms with Gasteiger partial charge < -0.3 is 25.8 Å². The van der Waals surface area contributed by atoms with Crippen LogP contribution < -0.4 is 11.1 Å². The Morgan fingerprint density at radius 2 is 1.92 bits per heavy atom. The minimum absolute atomic E-state index is 0. The molecule has 25 heavy (non-hydrogen) atoms. The summed E-state index contributed by atoms with van der Waals surface area (Å²) >= 11 is 0. The fraction of sp³-hybridized carbons (Fsp3) is 0.882. The molecule has 0 aliphatic carbocycles. The largest absolute Gasteiger partial charge is 0.450 e. The van der Waals surface area contributed by atoms with E-state index in [1.54, 1.807) is 4.90 Å². The summed E-state index contributed by atoms with van der Waals surface area (Å²) < 4.78 is 5.02. The maximum Gasteiger partial charge on any atom is 0.409 e. The van der Waals surface area contributed by atoms with Gasteiger partial charge in [-0.25, -0.2) is 4.79 Å². The number of guanidine groups is 1. The molecule has 148 valence electrons. The van der Waals surface area contributed by atoms with Crippen molar-refractivity contribution in [1.82, 2.24) is 10.2 Å². The zero-order valence-electron chi connectivity index (χ0n) is 15.8. The van der Waals surface area contributed by atoms with E-state index in [-0.39, 0.29) is 48.1 Å². The normalized spacial score (nSPS) is 16.3. The van der Waals surface area contributed by atoms with Gasteiger partial charge in [0.15, 0.2) is 5.96 Å². The topological polar surface area (TPSA) is 100 Å². The Balaban J connectivity index is 0.00000576. The molecule has 0 saturated carbocycles. The highest BCUT2D eigenvalue weighted by molar-refractivity contribution is 14.0. The average molecular weight is 470 g/mol. The second kappa shape index (κ2) is 12.6. The molecule has 7 nitrogen and oxygen atoms in total. The third-order valence-corrected chi connectivity index (χ3v) is 5.10. The summed E-state index contributed by atoms with van der Waals surface area (Å²) in [4.78, 5) is 17.9. The Morgan fingerprint density at radius 1 is 1.32 bits per heavy atom. The molecule has 8 heteroatoms. The summed E-state index contributed by atoms with van der Waals surface area (Å²) in [6.07, 6.45) is 4.11. The lowest BCUT2D eigenvalue weighted by atomic mass is 9.79. The summed E-state index contributed by atoms with van der Waals surface area (Å²) in [7, 11) is 0. The molecule has 0 unspecified atom stereocenters. The average Bonchev–Trinajstić information content (AvgIpc) is 2.59. The van der Waals surface area contributed by atoms with E-state index in [1.165, 1.54) is 0 Å².